The molecule has 2 rings (SSSR count). The Morgan fingerprint density at radius 3 is 1.93 bits per heavy atom. The maximum absolute atomic E-state index is 6.65. The predicted molar refractivity (Wildman–Crippen MR) is 125 cm³/mol. The van der Waals surface area contributed by atoms with E-state index in [9.17, 15) is 0 Å². The highest BCUT2D eigenvalue weighted by Gasteiger charge is 2.14. The van der Waals surface area contributed by atoms with Gasteiger partial charge in [0, 0.05) is 6.04 Å². The summed E-state index contributed by atoms with van der Waals surface area (Å²) in [5, 5.41) is 2.67. The van der Waals surface area contributed by atoms with Crippen LogP contribution in [0.4, 0.5) is 0 Å². The minimum Gasteiger partial charge on any atom is -0.412 e. The normalized spacial score (nSPS) is 12.1. The standard InChI is InChI=1S/C26H41N.H2O/c1-4-5-6-7-8-9-10-11-12-13-14-19-25(27)26-22(3)21(2)20-23-17-15-16-18-24(23)26;/h15-18,20,25H,4-14,19,27H2,1-3H3;1H2. The fourth-order valence-corrected chi connectivity index (χ4v) is 4.27. The Morgan fingerprint density at radius 1 is 0.786 bits per heavy atom. The summed E-state index contributed by atoms with van der Waals surface area (Å²) in [6.07, 6.45) is 16.4. The van der Waals surface area contributed by atoms with Gasteiger partial charge in [0.25, 0.3) is 0 Å². The molecule has 0 heterocycles. The molecule has 0 saturated carbocycles. The number of nitrogens with two attached hydrogens (primary N) is 1. The van der Waals surface area contributed by atoms with E-state index in [1.165, 1.54) is 98.1 Å². The SMILES string of the molecule is CCCCCCCCCCCCCC(N)c1c(C)c(C)cc2ccccc12.O. The largest absolute Gasteiger partial charge is 0.412 e. The zero-order valence-electron chi connectivity index (χ0n) is 18.5. The predicted octanol–water partition coefficient (Wildman–Crippen LogP) is 7.33. The molecule has 0 bridgehead atoms. The third kappa shape index (κ3) is 7.56. The topological polar surface area (TPSA) is 57.5 Å². The van der Waals surface area contributed by atoms with E-state index < -0.39 is 0 Å². The zero-order chi connectivity index (χ0) is 19.5. The lowest BCUT2D eigenvalue weighted by molar-refractivity contribution is 0.526. The van der Waals surface area contributed by atoms with Crippen LogP contribution in [0.1, 0.15) is 107 Å². The second kappa shape index (κ2) is 13.7. The van der Waals surface area contributed by atoms with E-state index in [1.54, 1.807) is 0 Å². The highest BCUT2D eigenvalue weighted by Crippen LogP contribution is 2.31. The Labute approximate surface area is 173 Å². The van der Waals surface area contributed by atoms with E-state index in [0.29, 0.717) is 0 Å². The van der Waals surface area contributed by atoms with Gasteiger partial charge < -0.3 is 11.2 Å². The van der Waals surface area contributed by atoms with Crippen LogP contribution >= 0.6 is 0 Å². The molecular weight excluding hydrogens is 342 g/mol. The van der Waals surface area contributed by atoms with Crippen molar-refractivity contribution in [1.82, 2.24) is 0 Å². The van der Waals surface area contributed by atoms with Gasteiger partial charge in [-0.15, -0.1) is 0 Å². The van der Waals surface area contributed by atoms with Gasteiger partial charge >= 0.3 is 0 Å². The Morgan fingerprint density at radius 2 is 1.32 bits per heavy atom. The van der Waals surface area contributed by atoms with Crippen molar-refractivity contribution in [3.63, 3.8) is 0 Å². The van der Waals surface area contributed by atoms with Crippen molar-refractivity contribution in [2.75, 3.05) is 0 Å². The molecule has 0 aliphatic carbocycles. The van der Waals surface area contributed by atoms with Crippen molar-refractivity contribution < 1.29 is 5.48 Å². The summed E-state index contributed by atoms with van der Waals surface area (Å²) in [5.41, 5.74) is 10.8. The second-order valence-electron chi connectivity index (χ2n) is 8.38. The number of unbranched alkanes of at least 4 members (excludes halogenated alkanes) is 10. The molecule has 1 unspecified atom stereocenters. The van der Waals surface area contributed by atoms with Crippen LogP contribution in [0.3, 0.4) is 0 Å². The molecule has 0 aliphatic rings. The van der Waals surface area contributed by atoms with Gasteiger partial charge in [-0.1, -0.05) is 108 Å². The quantitative estimate of drug-likeness (QED) is 0.360. The van der Waals surface area contributed by atoms with Crippen molar-refractivity contribution in [1.29, 1.82) is 0 Å². The molecular formula is C26H43NO. The molecule has 2 heteroatoms. The molecule has 2 aromatic carbocycles. The first-order valence-electron chi connectivity index (χ1n) is 11.4. The molecule has 1 atom stereocenters. The summed E-state index contributed by atoms with van der Waals surface area (Å²) in [5.74, 6) is 0. The average molecular weight is 386 g/mol. The third-order valence-corrected chi connectivity index (χ3v) is 6.11. The van der Waals surface area contributed by atoms with E-state index >= 15 is 0 Å². The number of benzene rings is 2. The van der Waals surface area contributed by atoms with Gasteiger partial charge in [-0.3, -0.25) is 0 Å². The highest BCUT2D eigenvalue weighted by molar-refractivity contribution is 5.88. The summed E-state index contributed by atoms with van der Waals surface area (Å²) >= 11 is 0. The smallest absolute Gasteiger partial charge is 0.0303 e. The van der Waals surface area contributed by atoms with Crippen LogP contribution in [0, 0.1) is 13.8 Å². The molecule has 0 fully saturated rings. The van der Waals surface area contributed by atoms with E-state index in [4.69, 9.17) is 5.73 Å². The lowest BCUT2D eigenvalue weighted by Gasteiger charge is -2.19. The summed E-state index contributed by atoms with van der Waals surface area (Å²) in [6, 6.07) is 11.2. The van der Waals surface area contributed by atoms with Gasteiger partial charge in [0.15, 0.2) is 0 Å². The molecule has 0 aliphatic heterocycles. The number of fused-ring (bicyclic) bond motifs is 1. The van der Waals surface area contributed by atoms with Gasteiger partial charge in [-0.2, -0.15) is 0 Å². The van der Waals surface area contributed by atoms with Crippen LogP contribution in [-0.4, -0.2) is 5.48 Å². The van der Waals surface area contributed by atoms with Crippen LogP contribution < -0.4 is 5.73 Å². The molecule has 0 spiro atoms. The maximum Gasteiger partial charge on any atom is 0.0303 e. The molecule has 0 aromatic heterocycles. The van der Waals surface area contributed by atoms with Gasteiger partial charge in [-0.25, -0.2) is 0 Å². The third-order valence-electron chi connectivity index (χ3n) is 6.11. The van der Waals surface area contributed by atoms with Gasteiger partial charge in [0.1, 0.15) is 0 Å². The molecule has 28 heavy (non-hydrogen) atoms. The minimum atomic E-state index is 0. The monoisotopic (exact) mass is 385 g/mol. The summed E-state index contributed by atoms with van der Waals surface area (Å²) < 4.78 is 0. The number of hydrogen-bond donors (Lipinski definition) is 1. The number of aryl methyl sites for hydroxylation is 1. The zero-order valence-corrected chi connectivity index (χ0v) is 18.5. The first-order chi connectivity index (χ1) is 13.1. The maximum atomic E-state index is 6.65. The summed E-state index contributed by atoms with van der Waals surface area (Å²) in [6.45, 7) is 6.73. The lowest BCUT2D eigenvalue weighted by atomic mass is 9.89. The Hall–Kier alpha value is -1.38. The summed E-state index contributed by atoms with van der Waals surface area (Å²) in [4.78, 5) is 0. The molecule has 158 valence electrons. The minimum absolute atomic E-state index is 0. The van der Waals surface area contributed by atoms with Gasteiger partial charge in [-0.05, 0) is 47.7 Å². The molecule has 2 aromatic rings. The fraction of sp³-hybridized carbons (Fsp3) is 0.615. The Bertz CT molecular complexity index is 679. The van der Waals surface area contributed by atoms with Crippen LogP contribution in [0.2, 0.25) is 0 Å². The Kier molecular flexibility index (Phi) is 12.1. The fourth-order valence-electron chi connectivity index (χ4n) is 4.27. The number of hydrogen-bond acceptors (Lipinski definition) is 1. The highest BCUT2D eigenvalue weighted by atomic mass is 16.0. The first kappa shape index (κ1) is 24.7. The summed E-state index contributed by atoms with van der Waals surface area (Å²) in [7, 11) is 0. The van der Waals surface area contributed by atoms with E-state index in [2.05, 4.69) is 51.1 Å². The van der Waals surface area contributed by atoms with Crippen molar-refractivity contribution >= 4 is 10.8 Å². The van der Waals surface area contributed by atoms with Crippen LogP contribution in [0.5, 0.6) is 0 Å². The van der Waals surface area contributed by atoms with E-state index in [0.717, 1.165) is 6.42 Å². The average Bonchev–Trinajstić information content (AvgIpc) is 2.67. The molecule has 0 amide bonds. The number of rotatable bonds is 13. The van der Waals surface area contributed by atoms with Crippen molar-refractivity contribution in [3.8, 4) is 0 Å². The molecule has 4 N–H and O–H groups in total. The Balaban J connectivity index is 0.00000392. The van der Waals surface area contributed by atoms with Crippen LogP contribution in [0.25, 0.3) is 10.8 Å². The van der Waals surface area contributed by atoms with Crippen molar-refractivity contribution in [3.05, 3.63) is 47.0 Å². The molecule has 0 saturated heterocycles. The van der Waals surface area contributed by atoms with Crippen molar-refractivity contribution in [2.24, 2.45) is 5.73 Å². The van der Waals surface area contributed by atoms with Gasteiger partial charge in [0.2, 0.25) is 0 Å². The van der Waals surface area contributed by atoms with Crippen LogP contribution in [0.15, 0.2) is 30.3 Å². The molecule has 2 nitrogen and oxygen atoms in total. The van der Waals surface area contributed by atoms with Crippen molar-refractivity contribution in [2.45, 2.75) is 104 Å². The second-order valence-corrected chi connectivity index (χ2v) is 8.38. The molecule has 0 radical (unpaired) electrons. The lowest BCUT2D eigenvalue weighted by Crippen LogP contribution is -2.13. The van der Waals surface area contributed by atoms with Crippen LogP contribution in [-0.2, 0) is 0 Å². The first-order valence-corrected chi connectivity index (χ1v) is 11.4. The van der Waals surface area contributed by atoms with E-state index in [1.807, 2.05) is 0 Å². The van der Waals surface area contributed by atoms with Gasteiger partial charge in [0.05, 0.1) is 0 Å². The van der Waals surface area contributed by atoms with E-state index in [-0.39, 0.29) is 11.5 Å².